The summed E-state index contributed by atoms with van der Waals surface area (Å²) in [7, 11) is -1.15. The van der Waals surface area contributed by atoms with Crippen molar-refractivity contribution in [2.24, 2.45) is 0 Å². The second-order valence-electron chi connectivity index (χ2n) is 5.59. The van der Waals surface area contributed by atoms with Crippen LogP contribution in [0.5, 0.6) is 0 Å². The van der Waals surface area contributed by atoms with Crippen molar-refractivity contribution in [2.45, 2.75) is 25.6 Å². The van der Waals surface area contributed by atoms with Gasteiger partial charge in [-0.2, -0.15) is 0 Å². The largest absolute Gasteiger partial charge is 0.337 e. The van der Waals surface area contributed by atoms with Gasteiger partial charge in [0.05, 0.1) is 0 Å². The lowest BCUT2D eigenvalue weighted by molar-refractivity contribution is -0.129. The molecule has 1 aromatic heterocycles. The van der Waals surface area contributed by atoms with Crippen LogP contribution in [-0.4, -0.2) is 27.3 Å². The Morgan fingerprint density at radius 2 is 2.14 bits per heavy atom. The van der Waals surface area contributed by atoms with Gasteiger partial charge in [0.25, 0.3) is 0 Å². The molecule has 1 aliphatic rings. The number of fused-ring (bicyclic) bond motifs is 1. The number of amides is 1. The lowest BCUT2D eigenvalue weighted by Gasteiger charge is -2.26. The van der Waals surface area contributed by atoms with Crippen molar-refractivity contribution in [2.75, 3.05) is 12.3 Å². The molecule has 1 atom stereocenters. The van der Waals surface area contributed by atoms with Crippen LogP contribution in [0.3, 0.4) is 0 Å². The molecule has 0 radical (unpaired) electrons. The summed E-state index contributed by atoms with van der Waals surface area (Å²) in [6.07, 6.45) is 0.920. The van der Waals surface area contributed by atoms with Gasteiger partial charge in [-0.1, -0.05) is 24.3 Å². The predicted molar refractivity (Wildman–Crippen MR) is 91.3 cm³/mol. The first kappa shape index (κ1) is 15.4. The molecule has 0 aliphatic carbocycles. The molecule has 3 rings (SSSR count). The fourth-order valence-corrected chi connectivity index (χ4v) is 4.81. The van der Waals surface area contributed by atoms with E-state index in [0.717, 1.165) is 24.1 Å². The van der Waals surface area contributed by atoms with Gasteiger partial charge in [-0.3, -0.25) is 9.00 Å². The first-order valence-electron chi connectivity index (χ1n) is 7.36. The van der Waals surface area contributed by atoms with Crippen molar-refractivity contribution in [3.05, 3.63) is 57.3 Å². The highest BCUT2D eigenvalue weighted by Crippen LogP contribution is 2.24. The highest BCUT2D eigenvalue weighted by atomic mass is 32.2. The molecule has 3 nitrogen and oxygen atoms in total. The van der Waals surface area contributed by atoms with Gasteiger partial charge in [-0.15, -0.1) is 11.3 Å². The highest BCUT2D eigenvalue weighted by Gasteiger charge is 2.22. The first-order valence-corrected chi connectivity index (χ1v) is 9.73. The van der Waals surface area contributed by atoms with Crippen LogP contribution in [0.25, 0.3) is 0 Å². The molecule has 22 heavy (non-hydrogen) atoms. The molecule has 2 heterocycles. The van der Waals surface area contributed by atoms with Crippen LogP contribution >= 0.6 is 11.3 Å². The standard InChI is InChI=1S/C17H19NO2S2/c1-13-4-2-3-5-15(13)11-22(20)12-17(19)18-8-6-16-14(10-18)7-9-21-16/h2-5,7,9H,6,8,10-12H2,1H3/t22-/m1/s1. The molecule has 1 aromatic carbocycles. The Morgan fingerprint density at radius 1 is 1.32 bits per heavy atom. The Labute approximate surface area is 137 Å². The molecule has 0 unspecified atom stereocenters. The van der Waals surface area contributed by atoms with E-state index in [9.17, 15) is 9.00 Å². The summed E-state index contributed by atoms with van der Waals surface area (Å²) in [5.74, 6) is 0.577. The minimum atomic E-state index is -1.15. The number of hydrogen-bond acceptors (Lipinski definition) is 3. The smallest absolute Gasteiger partial charge is 0.235 e. The fourth-order valence-electron chi connectivity index (χ4n) is 2.69. The number of thiophene rings is 1. The molecule has 0 saturated carbocycles. The maximum atomic E-state index is 12.4. The molecule has 0 fully saturated rings. The molecule has 0 saturated heterocycles. The van der Waals surface area contributed by atoms with Gasteiger partial charge >= 0.3 is 0 Å². The van der Waals surface area contributed by atoms with Crippen LogP contribution in [0.2, 0.25) is 0 Å². The van der Waals surface area contributed by atoms with E-state index in [2.05, 4.69) is 11.4 Å². The number of hydrogen-bond donors (Lipinski definition) is 0. The van der Waals surface area contributed by atoms with E-state index in [1.807, 2.05) is 36.1 Å². The number of aryl methyl sites for hydroxylation is 1. The lowest BCUT2D eigenvalue weighted by Crippen LogP contribution is -2.38. The van der Waals surface area contributed by atoms with Crippen LogP contribution in [0.4, 0.5) is 0 Å². The van der Waals surface area contributed by atoms with Crippen LogP contribution in [0.1, 0.15) is 21.6 Å². The van der Waals surface area contributed by atoms with Gasteiger partial charge in [0.1, 0.15) is 5.75 Å². The normalized spacial score (nSPS) is 15.4. The summed E-state index contributed by atoms with van der Waals surface area (Å²) in [5, 5.41) is 2.08. The number of carbonyl (C=O) groups excluding carboxylic acids is 1. The fraction of sp³-hybridized carbons (Fsp3) is 0.353. The second-order valence-corrected chi connectivity index (χ2v) is 8.05. The van der Waals surface area contributed by atoms with Gasteiger partial charge in [-0.25, -0.2) is 0 Å². The van der Waals surface area contributed by atoms with Crippen LogP contribution in [0, 0.1) is 6.92 Å². The average molecular weight is 333 g/mol. The van der Waals surface area contributed by atoms with Crippen molar-refractivity contribution in [1.29, 1.82) is 0 Å². The molecule has 0 spiro atoms. The van der Waals surface area contributed by atoms with Gasteiger partial charge < -0.3 is 4.90 Å². The maximum absolute atomic E-state index is 12.4. The number of nitrogens with zero attached hydrogens (tertiary/aromatic N) is 1. The molecule has 5 heteroatoms. The summed E-state index contributed by atoms with van der Waals surface area (Å²) in [6.45, 7) is 3.42. The zero-order valence-corrected chi connectivity index (χ0v) is 14.2. The van der Waals surface area contributed by atoms with E-state index >= 15 is 0 Å². The van der Waals surface area contributed by atoms with Gasteiger partial charge in [0.15, 0.2) is 0 Å². The van der Waals surface area contributed by atoms with E-state index < -0.39 is 10.8 Å². The Kier molecular flexibility index (Phi) is 4.74. The molecule has 0 N–H and O–H groups in total. The number of carbonyl (C=O) groups is 1. The maximum Gasteiger partial charge on any atom is 0.235 e. The van der Waals surface area contributed by atoms with Crippen molar-refractivity contribution in [3.8, 4) is 0 Å². The minimum Gasteiger partial charge on any atom is -0.337 e. The van der Waals surface area contributed by atoms with E-state index in [1.54, 1.807) is 11.3 Å². The van der Waals surface area contributed by atoms with Crippen molar-refractivity contribution >= 4 is 28.0 Å². The molecule has 116 valence electrons. The highest BCUT2D eigenvalue weighted by molar-refractivity contribution is 7.84. The molecular weight excluding hydrogens is 314 g/mol. The molecule has 1 aliphatic heterocycles. The van der Waals surface area contributed by atoms with Crippen LogP contribution in [-0.2, 0) is 34.3 Å². The average Bonchev–Trinajstić information content (AvgIpc) is 2.97. The van der Waals surface area contributed by atoms with Crippen LogP contribution < -0.4 is 0 Å². The molecule has 1 amide bonds. The lowest BCUT2D eigenvalue weighted by atomic mass is 10.1. The summed E-state index contributed by atoms with van der Waals surface area (Å²) in [5.41, 5.74) is 3.44. The molecule has 2 aromatic rings. The second kappa shape index (κ2) is 6.75. The third-order valence-electron chi connectivity index (χ3n) is 4.02. The predicted octanol–water partition coefficient (Wildman–Crippen LogP) is 2.89. The summed E-state index contributed by atoms with van der Waals surface area (Å²) in [4.78, 5) is 15.6. The summed E-state index contributed by atoms with van der Waals surface area (Å²) < 4.78 is 12.3. The molecular formula is C17H19NO2S2. The molecule has 0 bridgehead atoms. The van der Waals surface area contributed by atoms with E-state index in [0.29, 0.717) is 12.3 Å². The third-order valence-corrected chi connectivity index (χ3v) is 6.25. The Hall–Kier alpha value is -1.46. The van der Waals surface area contributed by atoms with Gasteiger partial charge in [0, 0.05) is 34.5 Å². The monoisotopic (exact) mass is 333 g/mol. The minimum absolute atomic E-state index is 0.00349. The Bertz CT molecular complexity index is 708. The zero-order valence-electron chi connectivity index (χ0n) is 12.6. The zero-order chi connectivity index (χ0) is 15.5. The quantitative estimate of drug-likeness (QED) is 0.863. The van der Waals surface area contributed by atoms with Gasteiger partial charge in [0.2, 0.25) is 5.91 Å². The van der Waals surface area contributed by atoms with E-state index in [1.165, 1.54) is 10.4 Å². The van der Waals surface area contributed by atoms with Crippen LogP contribution in [0.15, 0.2) is 35.7 Å². The Morgan fingerprint density at radius 3 is 2.95 bits per heavy atom. The van der Waals surface area contributed by atoms with Crippen molar-refractivity contribution < 1.29 is 9.00 Å². The van der Waals surface area contributed by atoms with E-state index in [4.69, 9.17) is 0 Å². The first-order chi connectivity index (χ1) is 10.6. The van der Waals surface area contributed by atoms with E-state index in [-0.39, 0.29) is 11.7 Å². The van der Waals surface area contributed by atoms with Gasteiger partial charge in [-0.05, 0) is 41.5 Å². The number of benzene rings is 1. The summed E-state index contributed by atoms with van der Waals surface area (Å²) >= 11 is 1.76. The summed E-state index contributed by atoms with van der Waals surface area (Å²) in [6, 6.07) is 10.0. The Balaban J connectivity index is 1.58. The number of rotatable bonds is 4. The van der Waals surface area contributed by atoms with Crippen molar-refractivity contribution in [1.82, 2.24) is 4.90 Å². The third kappa shape index (κ3) is 3.47. The topological polar surface area (TPSA) is 37.4 Å². The van der Waals surface area contributed by atoms with Crippen molar-refractivity contribution in [3.63, 3.8) is 0 Å². The SMILES string of the molecule is Cc1ccccc1C[S@@](=O)CC(=O)N1CCc2sccc2C1.